The van der Waals surface area contributed by atoms with E-state index in [1.54, 1.807) is 7.05 Å². The summed E-state index contributed by atoms with van der Waals surface area (Å²) in [5, 5.41) is 2.89. The highest BCUT2D eigenvalue weighted by Crippen LogP contribution is 2.17. The van der Waals surface area contributed by atoms with Crippen molar-refractivity contribution in [1.82, 2.24) is 10.0 Å². The zero-order valence-corrected chi connectivity index (χ0v) is 13.8. The van der Waals surface area contributed by atoms with Gasteiger partial charge in [0.05, 0.1) is 4.90 Å². The van der Waals surface area contributed by atoms with E-state index in [2.05, 4.69) is 23.9 Å². The van der Waals surface area contributed by atoms with Gasteiger partial charge in [0.1, 0.15) is 5.82 Å². The van der Waals surface area contributed by atoms with Gasteiger partial charge >= 0.3 is 0 Å². The van der Waals surface area contributed by atoms with Gasteiger partial charge in [0, 0.05) is 13.1 Å². The van der Waals surface area contributed by atoms with Gasteiger partial charge < -0.3 is 5.32 Å². The van der Waals surface area contributed by atoms with Crippen LogP contribution in [0.1, 0.15) is 38.7 Å². The standard InChI is InChI=1S/C15H25FN2O2S/c1-12(2)6-4-5-9-18-21(19,20)15-10-14(16)8-7-13(15)11-17-3/h7-8,10,12,17-18H,4-6,9,11H2,1-3H3. The number of nitrogens with one attached hydrogen (secondary N) is 2. The van der Waals surface area contributed by atoms with Gasteiger partial charge in [-0.05, 0) is 37.1 Å². The second-order valence-corrected chi connectivity index (χ2v) is 7.31. The summed E-state index contributed by atoms with van der Waals surface area (Å²) in [6, 6.07) is 3.84. The van der Waals surface area contributed by atoms with Gasteiger partial charge in [0.25, 0.3) is 0 Å². The minimum Gasteiger partial charge on any atom is -0.316 e. The molecule has 2 N–H and O–H groups in total. The first-order valence-corrected chi connectivity index (χ1v) is 8.78. The van der Waals surface area contributed by atoms with Crippen molar-refractivity contribution in [3.63, 3.8) is 0 Å². The molecule has 0 saturated heterocycles. The van der Waals surface area contributed by atoms with E-state index in [0.29, 0.717) is 24.6 Å². The molecule has 120 valence electrons. The molecule has 0 unspecified atom stereocenters. The van der Waals surface area contributed by atoms with Crippen LogP contribution in [0.5, 0.6) is 0 Å². The second-order valence-electron chi connectivity index (χ2n) is 5.57. The Balaban J connectivity index is 2.71. The first-order chi connectivity index (χ1) is 9.86. The minimum atomic E-state index is -3.67. The predicted molar refractivity (Wildman–Crippen MR) is 83.0 cm³/mol. The number of halogens is 1. The van der Waals surface area contributed by atoms with Crippen LogP contribution >= 0.6 is 0 Å². The maximum atomic E-state index is 13.3. The van der Waals surface area contributed by atoms with Crippen LogP contribution in [0.4, 0.5) is 4.39 Å². The molecule has 0 aromatic heterocycles. The van der Waals surface area contributed by atoms with Crippen LogP contribution in [0.2, 0.25) is 0 Å². The molecule has 0 fully saturated rings. The lowest BCUT2D eigenvalue weighted by Crippen LogP contribution is -2.26. The molecule has 21 heavy (non-hydrogen) atoms. The summed E-state index contributed by atoms with van der Waals surface area (Å²) in [4.78, 5) is 0.0145. The zero-order valence-electron chi connectivity index (χ0n) is 12.9. The summed E-state index contributed by atoms with van der Waals surface area (Å²) in [5.74, 6) is 0.0714. The van der Waals surface area contributed by atoms with Crippen molar-refractivity contribution < 1.29 is 12.8 Å². The highest BCUT2D eigenvalue weighted by molar-refractivity contribution is 7.89. The molecule has 1 aromatic rings. The SMILES string of the molecule is CNCc1ccc(F)cc1S(=O)(=O)NCCCCC(C)C. The third-order valence-electron chi connectivity index (χ3n) is 3.19. The number of rotatable bonds is 9. The van der Waals surface area contributed by atoms with Gasteiger partial charge in [-0.3, -0.25) is 0 Å². The Morgan fingerprint density at radius 1 is 1.24 bits per heavy atom. The van der Waals surface area contributed by atoms with Crippen molar-refractivity contribution >= 4 is 10.0 Å². The van der Waals surface area contributed by atoms with E-state index in [9.17, 15) is 12.8 Å². The fraction of sp³-hybridized carbons (Fsp3) is 0.600. The fourth-order valence-corrected chi connectivity index (χ4v) is 3.40. The minimum absolute atomic E-state index is 0.0145. The average molecular weight is 316 g/mol. The van der Waals surface area contributed by atoms with Crippen LogP contribution in [0.3, 0.4) is 0 Å². The van der Waals surface area contributed by atoms with Crippen LogP contribution in [-0.2, 0) is 16.6 Å². The fourth-order valence-electron chi connectivity index (χ4n) is 2.08. The van der Waals surface area contributed by atoms with E-state index in [1.807, 2.05) is 0 Å². The third kappa shape index (κ3) is 6.11. The molecule has 0 bridgehead atoms. The Kier molecular flexibility index (Phi) is 7.28. The third-order valence-corrected chi connectivity index (χ3v) is 4.73. The monoisotopic (exact) mass is 316 g/mol. The maximum Gasteiger partial charge on any atom is 0.240 e. The lowest BCUT2D eigenvalue weighted by Gasteiger charge is -2.12. The van der Waals surface area contributed by atoms with Crippen LogP contribution in [0, 0.1) is 11.7 Å². The number of benzene rings is 1. The number of hydrogen-bond donors (Lipinski definition) is 2. The molecular formula is C15H25FN2O2S. The quantitative estimate of drug-likeness (QED) is 0.689. The molecule has 0 saturated carbocycles. The Morgan fingerprint density at radius 2 is 1.95 bits per heavy atom. The van der Waals surface area contributed by atoms with Crippen LogP contribution < -0.4 is 10.0 Å². The zero-order chi connectivity index (χ0) is 15.9. The van der Waals surface area contributed by atoms with E-state index in [4.69, 9.17) is 0 Å². The van der Waals surface area contributed by atoms with Gasteiger partial charge in [-0.1, -0.05) is 32.8 Å². The van der Waals surface area contributed by atoms with E-state index in [0.717, 1.165) is 25.3 Å². The van der Waals surface area contributed by atoms with Crippen molar-refractivity contribution in [2.75, 3.05) is 13.6 Å². The summed E-state index contributed by atoms with van der Waals surface area (Å²) >= 11 is 0. The molecule has 0 heterocycles. The van der Waals surface area contributed by atoms with Gasteiger partial charge in [0.15, 0.2) is 0 Å². The van der Waals surface area contributed by atoms with Crippen molar-refractivity contribution in [2.24, 2.45) is 5.92 Å². The smallest absolute Gasteiger partial charge is 0.240 e. The van der Waals surface area contributed by atoms with Crippen LogP contribution in [0.15, 0.2) is 23.1 Å². The Morgan fingerprint density at radius 3 is 2.57 bits per heavy atom. The highest BCUT2D eigenvalue weighted by Gasteiger charge is 2.18. The Labute approximate surface area is 127 Å². The molecule has 6 heteroatoms. The van der Waals surface area contributed by atoms with E-state index in [1.165, 1.54) is 12.1 Å². The molecule has 1 rings (SSSR count). The summed E-state index contributed by atoms with van der Waals surface area (Å²) in [6.45, 7) is 5.04. The lowest BCUT2D eigenvalue weighted by atomic mass is 10.1. The van der Waals surface area contributed by atoms with Crippen molar-refractivity contribution in [3.05, 3.63) is 29.6 Å². The van der Waals surface area contributed by atoms with Crippen LogP contribution in [0.25, 0.3) is 0 Å². The topological polar surface area (TPSA) is 58.2 Å². The summed E-state index contributed by atoms with van der Waals surface area (Å²) < 4.78 is 40.4. The normalized spacial score (nSPS) is 12.0. The van der Waals surface area contributed by atoms with E-state index in [-0.39, 0.29) is 4.90 Å². The van der Waals surface area contributed by atoms with Crippen LogP contribution in [-0.4, -0.2) is 22.0 Å². The van der Waals surface area contributed by atoms with Crippen molar-refractivity contribution in [3.8, 4) is 0 Å². The van der Waals surface area contributed by atoms with Gasteiger partial charge in [0.2, 0.25) is 10.0 Å². The second kappa shape index (κ2) is 8.46. The van der Waals surface area contributed by atoms with Gasteiger partial charge in [-0.2, -0.15) is 0 Å². The highest BCUT2D eigenvalue weighted by atomic mass is 32.2. The van der Waals surface area contributed by atoms with E-state index >= 15 is 0 Å². The van der Waals surface area contributed by atoms with Crippen molar-refractivity contribution in [1.29, 1.82) is 0 Å². The molecule has 4 nitrogen and oxygen atoms in total. The summed E-state index contributed by atoms with van der Waals surface area (Å²) in [7, 11) is -1.95. The molecule has 0 aliphatic rings. The molecular weight excluding hydrogens is 291 g/mol. The lowest BCUT2D eigenvalue weighted by molar-refractivity contribution is 0.530. The Hall–Kier alpha value is -0.980. The van der Waals surface area contributed by atoms with E-state index < -0.39 is 15.8 Å². The summed E-state index contributed by atoms with van der Waals surface area (Å²) in [5.41, 5.74) is 0.564. The number of sulfonamides is 1. The molecule has 0 radical (unpaired) electrons. The number of unbranched alkanes of at least 4 members (excludes halogenated alkanes) is 1. The largest absolute Gasteiger partial charge is 0.316 e. The molecule has 0 amide bonds. The average Bonchev–Trinajstić information content (AvgIpc) is 2.40. The summed E-state index contributed by atoms with van der Waals surface area (Å²) in [6.07, 6.45) is 2.84. The maximum absolute atomic E-state index is 13.3. The number of hydrogen-bond acceptors (Lipinski definition) is 3. The van der Waals surface area contributed by atoms with Gasteiger partial charge in [-0.15, -0.1) is 0 Å². The van der Waals surface area contributed by atoms with Crippen molar-refractivity contribution in [2.45, 2.75) is 44.6 Å². The molecule has 0 atom stereocenters. The molecule has 1 aromatic carbocycles. The first kappa shape index (κ1) is 18.1. The first-order valence-electron chi connectivity index (χ1n) is 7.29. The molecule has 0 aliphatic heterocycles. The molecule has 0 spiro atoms. The molecule has 0 aliphatic carbocycles. The predicted octanol–water partition coefficient (Wildman–Crippen LogP) is 2.65. The van der Waals surface area contributed by atoms with Gasteiger partial charge in [-0.25, -0.2) is 17.5 Å². The Bertz CT molecular complexity index is 545.